The van der Waals surface area contributed by atoms with Gasteiger partial charge < -0.3 is 5.11 Å². The van der Waals surface area contributed by atoms with Crippen molar-refractivity contribution < 1.29 is 19.6 Å². The maximum atomic E-state index is 13.1. The third-order valence-electron chi connectivity index (χ3n) is 5.35. The molecule has 0 saturated heterocycles. The molecule has 148 valence electrons. The highest BCUT2D eigenvalue weighted by molar-refractivity contribution is 6.31. The van der Waals surface area contributed by atoms with Crippen molar-refractivity contribution in [1.82, 2.24) is 0 Å². The number of halogens is 1. The number of hydrogen-bond donors (Lipinski definition) is 1. The third kappa shape index (κ3) is 3.38. The molecule has 1 atom stereocenters. The van der Waals surface area contributed by atoms with E-state index < -0.39 is 10.8 Å². The molecular weight excluding hydrogens is 396 g/mol. The van der Waals surface area contributed by atoms with Crippen LogP contribution in [0.4, 0.5) is 11.4 Å². The normalized spacial score (nSPS) is 19.3. The van der Waals surface area contributed by atoms with E-state index in [2.05, 4.69) is 0 Å². The van der Waals surface area contributed by atoms with Gasteiger partial charge in [0.25, 0.3) is 5.69 Å². The molecule has 0 fully saturated rings. The Balaban J connectivity index is 1.90. The molecule has 0 saturated carbocycles. The molecule has 7 nitrogen and oxygen atoms in total. The number of allylic oxidation sites excluding steroid dienone is 2. The molecule has 2 aromatic rings. The Bertz CT molecular complexity index is 1060. The summed E-state index contributed by atoms with van der Waals surface area (Å²) in [6.45, 7) is 0. The van der Waals surface area contributed by atoms with Crippen molar-refractivity contribution in [3.63, 3.8) is 0 Å². The molecule has 0 spiro atoms. The number of hydrogen-bond acceptors (Lipinski definition) is 5. The SMILES string of the molecule is O=C1CCCC2=C1C(c1ccc(O)cc1)CC(=O)N2c1ccc(Cl)cc1[N+](=O)[O-]. The van der Waals surface area contributed by atoms with Crippen LogP contribution in [0.1, 0.15) is 37.2 Å². The smallest absolute Gasteiger partial charge is 0.294 e. The van der Waals surface area contributed by atoms with E-state index in [0.717, 1.165) is 5.56 Å². The van der Waals surface area contributed by atoms with E-state index in [9.17, 15) is 24.8 Å². The molecular formula is C21H17ClN2O5. The number of amides is 1. The van der Waals surface area contributed by atoms with Gasteiger partial charge in [0.1, 0.15) is 11.4 Å². The molecule has 1 heterocycles. The zero-order valence-corrected chi connectivity index (χ0v) is 16.1. The number of benzene rings is 2. The largest absolute Gasteiger partial charge is 0.508 e. The number of phenolic OH excluding ortho intramolecular Hbond substituents is 1. The predicted octanol–water partition coefficient (Wildman–Crippen LogP) is 4.48. The second-order valence-corrected chi connectivity index (χ2v) is 7.54. The summed E-state index contributed by atoms with van der Waals surface area (Å²) in [7, 11) is 0. The maximum absolute atomic E-state index is 13.1. The lowest BCUT2D eigenvalue weighted by Crippen LogP contribution is -2.40. The summed E-state index contributed by atoms with van der Waals surface area (Å²) in [5, 5.41) is 21.3. The van der Waals surface area contributed by atoms with Crippen LogP contribution in [-0.4, -0.2) is 21.7 Å². The number of Topliss-reactive ketones (excluding diaryl/α,β-unsaturated/α-hetero) is 1. The fourth-order valence-electron chi connectivity index (χ4n) is 4.10. The van der Waals surface area contributed by atoms with Crippen LogP contribution in [0.2, 0.25) is 5.02 Å². The van der Waals surface area contributed by atoms with Gasteiger partial charge in [-0.15, -0.1) is 0 Å². The minimum absolute atomic E-state index is 0.00906. The van der Waals surface area contributed by atoms with E-state index in [0.29, 0.717) is 30.5 Å². The first-order valence-electron chi connectivity index (χ1n) is 9.19. The van der Waals surface area contributed by atoms with Crippen molar-refractivity contribution in [3.05, 3.63) is 74.4 Å². The molecule has 2 aromatic carbocycles. The molecule has 1 aliphatic carbocycles. The van der Waals surface area contributed by atoms with E-state index in [4.69, 9.17) is 11.6 Å². The van der Waals surface area contributed by atoms with E-state index in [1.807, 2.05) is 0 Å². The van der Waals surface area contributed by atoms with Crippen LogP contribution in [0.5, 0.6) is 5.75 Å². The lowest BCUT2D eigenvalue weighted by atomic mass is 9.77. The average molecular weight is 413 g/mol. The first-order valence-corrected chi connectivity index (χ1v) is 9.56. The minimum atomic E-state index is -0.578. The van der Waals surface area contributed by atoms with Crippen LogP contribution in [0, 0.1) is 10.1 Å². The Labute approximate surface area is 171 Å². The number of nitro groups is 1. The summed E-state index contributed by atoms with van der Waals surface area (Å²) in [6, 6.07) is 10.6. The second kappa shape index (κ2) is 7.33. The van der Waals surface area contributed by atoms with Gasteiger partial charge in [-0.2, -0.15) is 0 Å². The number of carbonyl (C=O) groups excluding carboxylic acids is 2. The molecule has 1 aliphatic heterocycles. The number of carbonyl (C=O) groups is 2. The number of anilines is 1. The Morgan fingerprint density at radius 1 is 1.10 bits per heavy atom. The number of rotatable bonds is 3. The summed E-state index contributed by atoms with van der Waals surface area (Å²) in [6.07, 6.45) is 1.43. The van der Waals surface area contributed by atoms with Crippen molar-refractivity contribution >= 4 is 34.7 Å². The second-order valence-electron chi connectivity index (χ2n) is 7.10. The summed E-state index contributed by atoms with van der Waals surface area (Å²) < 4.78 is 0. The lowest BCUT2D eigenvalue weighted by molar-refractivity contribution is -0.384. The van der Waals surface area contributed by atoms with Gasteiger partial charge in [0, 0.05) is 41.1 Å². The van der Waals surface area contributed by atoms with Gasteiger partial charge in [0.05, 0.1) is 4.92 Å². The maximum Gasteiger partial charge on any atom is 0.294 e. The molecule has 0 radical (unpaired) electrons. The molecule has 29 heavy (non-hydrogen) atoms. The quantitative estimate of drug-likeness (QED) is 0.591. The Morgan fingerprint density at radius 2 is 1.83 bits per heavy atom. The van der Waals surface area contributed by atoms with E-state index >= 15 is 0 Å². The standard InChI is InChI=1S/C21H17ClN2O5/c22-13-6-9-16(18(10-13)24(28)29)23-17-2-1-3-19(26)21(17)15(11-20(23)27)12-4-7-14(25)8-5-12/h4-10,15,25H,1-3,11H2. The van der Waals surface area contributed by atoms with Crippen molar-refractivity contribution in [2.75, 3.05) is 4.90 Å². The number of phenols is 1. The minimum Gasteiger partial charge on any atom is -0.508 e. The van der Waals surface area contributed by atoms with Gasteiger partial charge in [-0.05, 0) is 42.7 Å². The van der Waals surface area contributed by atoms with Crippen LogP contribution < -0.4 is 4.90 Å². The first-order chi connectivity index (χ1) is 13.9. The van der Waals surface area contributed by atoms with Gasteiger partial charge in [-0.25, -0.2) is 0 Å². The zero-order valence-electron chi connectivity index (χ0n) is 15.3. The molecule has 1 N–H and O–H groups in total. The highest BCUT2D eigenvalue weighted by atomic mass is 35.5. The predicted molar refractivity (Wildman–Crippen MR) is 107 cm³/mol. The first kappa shape index (κ1) is 19.1. The number of nitrogens with zero attached hydrogens (tertiary/aromatic N) is 2. The van der Waals surface area contributed by atoms with Crippen molar-refractivity contribution in [2.24, 2.45) is 0 Å². The monoisotopic (exact) mass is 412 g/mol. The molecule has 1 unspecified atom stereocenters. The molecule has 8 heteroatoms. The lowest BCUT2D eigenvalue weighted by Gasteiger charge is -2.38. The van der Waals surface area contributed by atoms with Crippen molar-refractivity contribution in [1.29, 1.82) is 0 Å². The van der Waals surface area contributed by atoms with E-state index in [1.165, 1.54) is 35.2 Å². The Kier molecular flexibility index (Phi) is 4.84. The summed E-state index contributed by atoms with van der Waals surface area (Å²) in [5.41, 5.74) is 1.63. The van der Waals surface area contributed by atoms with Gasteiger partial charge in [0.2, 0.25) is 5.91 Å². The topological polar surface area (TPSA) is 101 Å². The summed E-state index contributed by atoms with van der Waals surface area (Å²) in [4.78, 5) is 38.3. The van der Waals surface area contributed by atoms with Gasteiger partial charge in [-0.1, -0.05) is 23.7 Å². The van der Waals surface area contributed by atoms with Crippen LogP contribution >= 0.6 is 11.6 Å². The van der Waals surface area contributed by atoms with E-state index in [-0.39, 0.29) is 40.3 Å². The van der Waals surface area contributed by atoms with Crippen molar-refractivity contribution in [3.8, 4) is 5.75 Å². The van der Waals surface area contributed by atoms with E-state index in [1.54, 1.807) is 12.1 Å². The fourth-order valence-corrected chi connectivity index (χ4v) is 4.26. The molecule has 2 aliphatic rings. The molecule has 1 amide bonds. The summed E-state index contributed by atoms with van der Waals surface area (Å²) >= 11 is 5.92. The van der Waals surface area contributed by atoms with Crippen LogP contribution in [0.15, 0.2) is 53.7 Å². The van der Waals surface area contributed by atoms with Crippen LogP contribution in [-0.2, 0) is 9.59 Å². The van der Waals surface area contributed by atoms with Crippen LogP contribution in [0.3, 0.4) is 0 Å². The van der Waals surface area contributed by atoms with Gasteiger partial charge >= 0.3 is 0 Å². The Morgan fingerprint density at radius 3 is 2.52 bits per heavy atom. The van der Waals surface area contributed by atoms with Crippen LogP contribution in [0.25, 0.3) is 0 Å². The molecule has 0 bridgehead atoms. The number of ketones is 1. The van der Waals surface area contributed by atoms with Crippen molar-refractivity contribution in [2.45, 2.75) is 31.6 Å². The molecule has 4 rings (SSSR count). The highest BCUT2D eigenvalue weighted by Crippen LogP contribution is 2.45. The number of nitro benzene ring substituents is 1. The number of aromatic hydroxyl groups is 1. The van der Waals surface area contributed by atoms with Gasteiger partial charge in [-0.3, -0.25) is 24.6 Å². The molecule has 0 aromatic heterocycles. The zero-order chi connectivity index (χ0) is 20.7. The van der Waals surface area contributed by atoms with Gasteiger partial charge in [0.15, 0.2) is 5.78 Å². The fraction of sp³-hybridized carbons (Fsp3) is 0.238. The highest BCUT2D eigenvalue weighted by Gasteiger charge is 2.41. The Hall–Kier alpha value is -3.19. The summed E-state index contributed by atoms with van der Waals surface area (Å²) in [5.74, 6) is -0.715. The third-order valence-corrected chi connectivity index (χ3v) is 5.58. The average Bonchev–Trinajstić information content (AvgIpc) is 2.68.